The predicted octanol–water partition coefficient (Wildman–Crippen LogP) is 6.18. The molecule has 0 unspecified atom stereocenters. The van der Waals surface area contributed by atoms with Crippen molar-refractivity contribution in [2.45, 2.75) is 77.2 Å². The quantitative estimate of drug-likeness (QED) is 0.261. The van der Waals surface area contributed by atoms with Crippen LogP contribution in [0, 0.1) is 5.92 Å². The lowest BCUT2D eigenvalue weighted by Gasteiger charge is -2.29. The highest BCUT2D eigenvalue weighted by Gasteiger charge is 2.23. The second-order valence-corrected chi connectivity index (χ2v) is 10.2. The third-order valence-corrected chi connectivity index (χ3v) is 7.50. The number of hydrogen-bond donors (Lipinski definition) is 0. The molecule has 38 heavy (non-hydrogen) atoms. The van der Waals surface area contributed by atoms with E-state index in [-0.39, 0.29) is 11.9 Å². The van der Waals surface area contributed by atoms with Crippen molar-refractivity contribution in [3.8, 4) is 5.75 Å². The summed E-state index contributed by atoms with van der Waals surface area (Å²) < 4.78 is 16.5. The SMILES string of the molecule is CCOC(=O)[C@H](Cc1ccc(OCCN(C)C(=O)CCCC2CCC(c3ccccc3)CC2)cc1)OCC. The molecule has 2 aromatic carbocycles. The number of ether oxygens (including phenoxy) is 3. The van der Waals surface area contributed by atoms with Gasteiger partial charge in [0.15, 0.2) is 6.10 Å². The Morgan fingerprint density at radius 2 is 1.66 bits per heavy atom. The van der Waals surface area contributed by atoms with Gasteiger partial charge in [0.05, 0.1) is 13.2 Å². The van der Waals surface area contributed by atoms with Crippen LogP contribution in [0.5, 0.6) is 5.75 Å². The highest BCUT2D eigenvalue weighted by atomic mass is 16.6. The summed E-state index contributed by atoms with van der Waals surface area (Å²) in [5.41, 5.74) is 2.45. The van der Waals surface area contributed by atoms with Gasteiger partial charge >= 0.3 is 5.97 Å². The van der Waals surface area contributed by atoms with Crippen LogP contribution in [0.3, 0.4) is 0 Å². The summed E-state index contributed by atoms with van der Waals surface area (Å²) in [6.45, 7) is 5.43. The Kier molecular flexibility index (Phi) is 12.6. The Hall–Kier alpha value is -2.86. The molecule has 0 aliphatic heterocycles. The summed E-state index contributed by atoms with van der Waals surface area (Å²) in [7, 11) is 1.85. The maximum atomic E-state index is 12.6. The molecular weight excluding hydrogens is 478 g/mol. The molecule has 1 aliphatic carbocycles. The molecule has 0 heterocycles. The zero-order valence-corrected chi connectivity index (χ0v) is 23.4. The van der Waals surface area contributed by atoms with Gasteiger partial charge in [0.25, 0.3) is 0 Å². The van der Waals surface area contributed by atoms with Crippen LogP contribution in [0.2, 0.25) is 0 Å². The minimum Gasteiger partial charge on any atom is -0.492 e. The van der Waals surface area contributed by atoms with E-state index in [4.69, 9.17) is 14.2 Å². The lowest BCUT2D eigenvalue weighted by atomic mass is 9.77. The number of benzene rings is 2. The molecule has 0 saturated heterocycles. The molecule has 0 spiro atoms. The summed E-state index contributed by atoms with van der Waals surface area (Å²) in [5.74, 6) is 2.04. The van der Waals surface area contributed by atoms with Crippen molar-refractivity contribution in [1.29, 1.82) is 0 Å². The Morgan fingerprint density at radius 1 is 0.947 bits per heavy atom. The lowest BCUT2D eigenvalue weighted by molar-refractivity contribution is -0.156. The van der Waals surface area contributed by atoms with Gasteiger partial charge in [-0.3, -0.25) is 4.79 Å². The Morgan fingerprint density at radius 3 is 2.32 bits per heavy atom. The topological polar surface area (TPSA) is 65.1 Å². The van der Waals surface area contributed by atoms with Gasteiger partial charge < -0.3 is 19.1 Å². The normalized spacial score (nSPS) is 18.0. The molecule has 0 radical (unpaired) electrons. The number of carbonyl (C=O) groups excluding carboxylic acids is 2. The fraction of sp³-hybridized carbons (Fsp3) is 0.562. The minimum atomic E-state index is -0.601. The van der Waals surface area contributed by atoms with Crippen molar-refractivity contribution in [2.75, 3.05) is 33.4 Å². The van der Waals surface area contributed by atoms with Crippen molar-refractivity contribution in [1.82, 2.24) is 4.90 Å². The number of amides is 1. The molecule has 0 bridgehead atoms. The molecule has 2 aromatic rings. The van der Waals surface area contributed by atoms with E-state index < -0.39 is 6.10 Å². The van der Waals surface area contributed by atoms with E-state index >= 15 is 0 Å². The van der Waals surface area contributed by atoms with Crippen LogP contribution in [0.15, 0.2) is 54.6 Å². The summed E-state index contributed by atoms with van der Waals surface area (Å²) in [6, 6.07) is 18.5. The second-order valence-electron chi connectivity index (χ2n) is 10.2. The maximum Gasteiger partial charge on any atom is 0.335 e. The van der Waals surface area contributed by atoms with Gasteiger partial charge in [0, 0.05) is 26.5 Å². The van der Waals surface area contributed by atoms with Gasteiger partial charge in [-0.2, -0.15) is 0 Å². The van der Waals surface area contributed by atoms with Crippen molar-refractivity contribution in [2.24, 2.45) is 5.92 Å². The van der Waals surface area contributed by atoms with Gasteiger partial charge in [-0.05, 0) is 87.5 Å². The number of esters is 1. The molecular formula is C32H45NO5. The Balaban J connectivity index is 1.30. The van der Waals surface area contributed by atoms with E-state index in [0.717, 1.165) is 30.1 Å². The van der Waals surface area contributed by atoms with E-state index in [1.54, 1.807) is 11.8 Å². The fourth-order valence-corrected chi connectivity index (χ4v) is 5.25. The highest BCUT2D eigenvalue weighted by molar-refractivity contribution is 5.76. The molecule has 1 atom stereocenters. The molecule has 3 rings (SSSR count). The van der Waals surface area contributed by atoms with Crippen molar-refractivity contribution in [3.63, 3.8) is 0 Å². The van der Waals surface area contributed by atoms with E-state index in [2.05, 4.69) is 30.3 Å². The Bertz CT molecular complexity index is 954. The molecule has 0 N–H and O–H groups in total. The molecule has 1 saturated carbocycles. The number of likely N-dealkylation sites (N-methyl/N-ethyl adjacent to an activating group) is 1. The fourth-order valence-electron chi connectivity index (χ4n) is 5.25. The summed E-state index contributed by atoms with van der Waals surface area (Å²) in [6.07, 6.45) is 7.63. The van der Waals surface area contributed by atoms with E-state index in [1.165, 1.54) is 31.2 Å². The Labute approximate surface area is 228 Å². The largest absolute Gasteiger partial charge is 0.492 e. The molecule has 208 valence electrons. The first-order valence-corrected chi connectivity index (χ1v) is 14.3. The van der Waals surface area contributed by atoms with E-state index in [0.29, 0.717) is 45.1 Å². The monoisotopic (exact) mass is 523 g/mol. The zero-order chi connectivity index (χ0) is 27.2. The third-order valence-electron chi connectivity index (χ3n) is 7.50. The third kappa shape index (κ3) is 9.79. The average molecular weight is 524 g/mol. The van der Waals surface area contributed by atoms with Gasteiger partial charge in [0.1, 0.15) is 12.4 Å². The van der Waals surface area contributed by atoms with Gasteiger partial charge in [-0.1, -0.05) is 42.5 Å². The molecule has 6 heteroatoms. The average Bonchev–Trinajstić information content (AvgIpc) is 2.94. The first-order chi connectivity index (χ1) is 18.5. The highest BCUT2D eigenvalue weighted by Crippen LogP contribution is 2.37. The number of carbonyl (C=O) groups is 2. The van der Waals surface area contributed by atoms with Crippen LogP contribution in [-0.2, 0) is 25.5 Å². The minimum absolute atomic E-state index is 0.183. The van der Waals surface area contributed by atoms with Crippen molar-refractivity contribution < 1.29 is 23.8 Å². The van der Waals surface area contributed by atoms with Gasteiger partial charge in [-0.25, -0.2) is 4.79 Å². The van der Waals surface area contributed by atoms with Crippen LogP contribution in [0.4, 0.5) is 0 Å². The molecule has 6 nitrogen and oxygen atoms in total. The molecule has 1 amide bonds. The summed E-state index contributed by atoms with van der Waals surface area (Å²) in [5, 5.41) is 0. The van der Waals surface area contributed by atoms with Crippen LogP contribution in [-0.4, -0.2) is 56.3 Å². The van der Waals surface area contributed by atoms with Crippen LogP contribution in [0.25, 0.3) is 0 Å². The molecule has 0 aromatic heterocycles. The number of rotatable bonds is 15. The first-order valence-electron chi connectivity index (χ1n) is 14.3. The zero-order valence-electron chi connectivity index (χ0n) is 23.4. The first kappa shape index (κ1) is 29.7. The number of nitrogens with zero attached hydrogens (tertiary/aromatic N) is 1. The molecule has 1 aliphatic rings. The van der Waals surface area contributed by atoms with Crippen LogP contribution in [0.1, 0.15) is 75.8 Å². The van der Waals surface area contributed by atoms with Gasteiger partial charge in [-0.15, -0.1) is 0 Å². The molecule has 1 fully saturated rings. The van der Waals surface area contributed by atoms with Crippen molar-refractivity contribution >= 4 is 11.9 Å². The van der Waals surface area contributed by atoms with Gasteiger partial charge in [0.2, 0.25) is 5.91 Å². The standard InChI is InChI=1S/C32H45NO5/c1-4-36-30(32(35)37-5-2)24-26-16-20-29(21-17-26)38-23-22-33(3)31(34)13-9-10-25-14-18-28(19-15-25)27-11-7-6-8-12-27/h6-8,11-12,16-17,20-21,25,28,30H,4-5,9-10,13-15,18-19,22-24H2,1-3H3/t25?,28?,30-/m0/s1. The number of hydrogen-bond acceptors (Lipinski definition) is 5. The van der Waals surface area contributed by atoms with Crippen LogP contribution < -0.4 is 4.74 Å². The maximum absolute atomic E-state index is 12.6. The van der Waals surface area contributed by atoms with E-state index in [1.807, 2.05) is 38.2 Å². The second kappa shape index (κ2) is 16.2. The van der Waals surface area contributed by atoms with Crippen molar-refractivity contribution in [3.05, 3.63) is 65.7 Å². The smallest absolute Gasteiger partial charge is 0.335 e. The van der Waals surface area contributed by atoms with Crippen LogP contribution >= 0.6 is 0 Å². The summed E-state index contributed by atoms with van der Waals surface area (Å²) >= 11 is 0. The predicted molar refractivity (Wildman–Crippen MR) is 150 cm³/mol. The lowest BCUT2D eigenvalue weighted by Crippen LogP contribution is -2.30. The van der Waals surface area contributed by atoms with E-state index in [9.17, 15) is 9.59 Å². The summed E-state index contributed by atoms with van der Waals surface area (Å²) in [4.78, 5) is 26.4.